The Bertz CT molecular complexity index is 398. The van der Waals surface area contributed by atoms with Gasteiger partial charge in [-0.05, 0) is 30.7 Å². The van der Waals surface area contributed by atoms with Gasteiger partial charge in [0.15, 0.2) is 0 Å². The Morgan fingerprint density at radius 3 is 2.67 bits per heavy atom. The first-order valence-corrected chi connectivity index (χ1v) is 4.81. The lowest BCUT2D eigenvalue weighted by Gasteiger charge is -2.37. The van der Waals surface area contributed by atoms with Gasteiger partial charge in [-0.3, -0.25) is 0 Å². The molecule has 0 radical (unpaired) electrons. The minimum Gasteiger partial charge on any atom is -0.365 e. The van der Waals surface area contributed by atoms with Crippen molar-refractivity contribution in [2.24, 2.45) is 0 Å². The molecule has 0 spiro atoms. The molecule has 1 saturated heterocycles. The molecule has 1 aliphatic rings. The second-order valence-electron chi connectivity index (χ2n) is 3.94. The maximum atomic E-state index is 13.1. The van der Waals surface area contributed by atoms with Gasteiger partial charge in [0.2, 0.25) is 0 Å². The summed E-state index contributed by atoms with van der Waals surface area (Å²) in [5.41, 5.74) is 0.939. The van der Waals surface area contributed by atoms with E-state index >= 15 is 0 Å². The Hall–Kier alpha value is -1.60. The molecule has 0 unspecified atom stereocenters. The highest BCUT2D eigenvalue weighted by atomic mass is 19.1. The summed E-state index contributed by atoms with van der Waals surface area (Å²) >= 11 is 0. The lowest BCUT2D eigenvalue weighted by molar-refractivity contribution is 0.387. The molecular weight excluding hydrogens is 193 g/mol. The summed E-state index contributed by atoms with van der Waals surface area (Å²) in [7, 11) is 0. The Morgan fingerprint density at radius 2 is 2.20 bits per heavy atom. The number of rotatable bonds is 2. The molecule has 2 N–H and O–H groups in total. The van der Waals surface area contributed by atoms with Gasteiger partial charge in [0.25, 0.3) is 0 Å². The van der Waals surface area contributed by atoms with E-state index in [0.29, 0.717) is 18.8 Å². The zero-order valence-corrected chi connectivity index (χ0v) is 8.47. The van der Waals surface area contributed by atoms with Crippen LogP contribution in [-0.4, -0.2) is 18.6 Å². The maximum Gasteiger partial charge on any atom is 0.150 e. The van der Waals surface area contributed by atoms with E-state index in [1.165, 1.54) is 12.1 Å². The normalized spacial score (nSPS) is 17.7. The number of anilines is 1. The van der Waals surface area contributed by atoms with E-state index in [9.17, 15) is 4.39 Å². The Kier molecular flexibility index (Phi) is 2.33. The fourth-order valence-electron chi connectivity index (χ4n) is 1.66. The third-order valence-electron chi connectivity index (χ3n) is 2.49. The van der Waals surface area contributed by atoms with Crippen molar-refractivity contribution in [2.45, 2.75) is 12.5 Å². The number of hydrogen-bond acceptors (Lipinski definition) is 3. The summed E-state index contributed by atoms with van der Waals surface area (Å²) in [5, 5.41) is 15.1. The van der Waals surface area contributed by atoms with Crippen molar-refractivity contribution < 1.29 is 4.39 Å². The van der Waals surface area contributed by atoms with Crippen molar-refractivity contribution in [3.05, 3.63) is 29.6 Å². The van der Waals surface area contributed by atoms with Crippen molar-refractivity contribution in [1.29, 1.82) is 5.26 Å². The lowest BCUT2D eigenvalue weighted by atomic mass is 9.94. The largest absolute Gasteiger partial charge is 0.365 e. The summed E-state index contributed by atoms with van der Waals surface area (Å²) < 4.78 is 13.1. The minimum absolute atomic E-state index is 0.280. The number of benzene rings is 1. The van der Waals surface area contributed by atoms with Gasteiger partial charge in [-0.15, -0.1) is 0 Å². The molecule has 78 valence electrons. The van der Waals surface area contributed by atoms with E-state index in [2.05, 4.69) is 16.7 Å². The van der Waals surface area contributed by atoms with Crippen LogP contribution in [0.1, 0.15) is 5.56 Å². The van der Waals surface area contributed by atoms with Gasteiger partial charge in [-0.1, -0.05) is 0 Å². The van der Waals surface area contributed by atoms with Crippen LogP contribution < -0.4 is 10.6 Å². The van der Waals surface area contributed by atoms with Crippen molar-refractivity contribution in [2.75, 3.05) is 18.4 Å². The molecule has 1 aromatic rings. The van der Waals surface area contributed by atoms with Crippen molar-refractivity contribution >= 4 is 5.69 Å². The molecule has 4 heteroatoms. The predicted molar refractivity (Wildman–Crippen MR) is 56.0 cm³/mol. The standard InChI is InChI=1S/C11H12FN3/c1-8-2-9(12)4-10(3-8)15-11(5-13)6-14-7-11/h2-4,14-15H,6-7H2,1H3. The maximum absolute atomic E-state index is 13.1. The number of aryl methyl sites for hydroxylation is 1. The highest BCUT2D eigenvalue weighted by Gasteiger charge is 2.37. The van der Waals surface area contributed by atoms with Crippen LogP contribution in [0.3, 0.4) is 0 Å². The summed E-state index contributed by atoms with van der Waals surface area (Å²) in [6.07, 6.45) is 0. The van der Waals surface area contributed by atoms with E-state index in [-0.39, 0.29) is 5.82 Å². The lowest BCUT2D eigenvalue weighted by Crippen LogP contribution is -2.63. The first-order chi connectivity index (χ1) is 7.13. The van der Waals surface area contributed by atoms with Crippen LogP contribution in [0.25, 0.3) is 0 Å². The molecule has 1 aromatic carbocycles. The molecule has 2 rings (SSSR count). The molecule has 0 bridgehead atoms. The van der Waals surface area contributed by atoms with E-state index in [1.807, 2.05) is 13.0 Å². The number of hydrogen-bond donors (Lipinski definition) is 2. The molecule has 0 atom stereocenters. The van der Waals surface area contributed by atoms with Crippen LogP contribution in [0.4, 0.5) is 10.1 Å². The molecule has 1 fully saturated rings. The van der Waals surface area contributed by atoms with Gasteiger partial charge >= 0.3 is 0 Å². The summed E-state index contributed by atoms with van der Waals surface area (Å²) in [6.45, 7) is 3.02. The van der Waals surface area contributed by atoms with Crippen LogP contribution in [0.5, 0.6) is 0 Å². The van der Waals surface area contributed by atoms with Gasteiger partial charge in [0.1, 0.15) is 11.4 Å². The highest BCUT2D eigenvalue weighted by Crippen LogP contribution is 2.20. The highest BCUT2D eigenvalue weighted by molar-refractivity contribution is 5.51. The van der Waals surface area contributed by atoms with Gasteiger partial charge in [-0.25, -0.2) is 4.39 Å². The summed E-state index contributed by atoms with van der Waals surface area (Å²) in [5.74, 6) is -0.280. The third-order valence-corrected chi connectivity index (χ3v) is 2.49. The van der Waals surface area contributed by atoms with E-state index in [0.717, 1.165) is 5.56 Å². The van der Waals surface area contributed by atoms with Crippen LogP contribution >= 0.6 is 0 Å². The average molecular weight is 205 g/mol. The van der Waals surface area contributed by atoms with Crippen molar-refractivity contribution in [3.8, 4) is 6.07 Å². The quantitative estimate of drug-likeness (QED) is 0.767. The molecule has 1 aliphatic heterocycles. The Morgan fingerprint density at radius 1 is 1.47 bits per heavy atom. The number of nitriles is 1. The monoisotopic (exact) mass is 205 g/mol. The second kappa shape index (κ2) is 3.52. The fourth-order valence-corrected chi connectivity index (χ4v) is 1.66. The van der Waals surface area contributed by atoms with Gasteiger partial charge < -0.3 is 10.6 Å². The predicted octanol–water partition coefficient (Wildman–Crippen LogP) is 1.41. The second-order valence-corrected chi connectivity index (χ2v) is 3.94. The zero-order chi connectivity index (χ0) is 10.9. The van der Waals surface area contributed by atoms with Crippen LogP contribution in [0, 0.1) is 24.1 Å². The third kappa shape index (κ3) is 1.92. The van der Waals surface area contributed by atoms with Crippen LogP contribution in [-0.2, 0) is 0 Å². The van der Waals surface area contributed by atoms with Crippen molar-refractivity contribution in [3.63, 3.8) is 0 Å². The molecule has 0 aliphatic carbocycles. The van der Waals surface area contributed by atoms with Crippen molar-refractivity contribution in [1.82, 2.24) is 5.32 Å². The summed E-state index contributed by atoms with van der Waals surface area (Å²) in [6, 6.07) is 6.91. The van der Waals surface area contributed by atoms with Crippen LogP contribution in [0.2, 0.25) is 0 Å². The molecule has 3 nitrogen and oxygen atoms in total. The topological polar surface area (TPSA) is 47.9 Å². The van der Waals surface area contributed by atoms with Gasteiger partial charge in [0, 0.05) is 18.8 Å². The molecule has 0 amide bonds. The van der Waals surface area contributed by atoms with Crippen LogP contribution in [0.15, 0.2) is 18.2 Å². The minimum atomic E-state index is -0.569. The molecule has 1 heterocycles. The number of nitrogens with zero attached hydrogens (tertiary/aromatic N) is 1. The molecule has 15 heavy (non-hydrogen) atoms. The Labute approximate surface area is 87.9 Å². The SMILES string of the molecule is Cc1cc(F)cc(NC2(C#N)CNC2)c1. The summed E-state index contributed by atoms with van der Waals surface area (Å²) in [4.78, 5) is 0. The first-order valence-electron chi connectivity index (χ1n) is 4.81. The van der Waals surface area contributed by atoms with E-state index in [1.54, 1.807) is 0 Å². The molecular formula is C11H12FN3. The zero-order valence-electron chi connectivity index (χ0n) is 8.47. The number of halogens is 1. The number of nitrogens with one attached hydrogen (secondary N) is 2. The first kappa shape index (κ1) is 9.94. The average Bonchev–Trinajstić information content (AvgIpc) is 2.10. The van der Waals surface area contributed by atoms with Gasteiger partial charge in [-0.2, -0.15) is 5.26 Å². The molecule has 0 saturated carbocycles. The van der Waals surface area contributed by atoms with E-state index < -0.39 is 5.54 Å². The Balaban J connectivity index is 2.21. The van der Waals surface area contributed by atoms with E-state index in [4.69, 9.17) is 5.26 Å². The smallest absolute Gasteiger partial charge is 0.150 e. The van der Waals surface area contributed by atoms with Gasteiger partial charge in [0.05, 0.1) is 6.07 Å². The fraction of sp³-hybridized carbons (Fsp3) is 0.364. The molecule has 0 aromatic heterocycles.